The summed E-state index contributed by atoms with van der Waals surface area (Å²) < 4.78 is 28.5. The second-order valence-electron chi connectivity index (χ2n) is 9.06. The highest BCUT2D eigenvalue weighted by atomic mass is 35.5. The van der Waals surface area contributed by atoms with Crippen molar-refractivity contribution >= 4 is 46.2 Å². The third-order valence-corrected chi connectivity index (χ3v) is 7.01. The van der Waals surface area contributed by atoms with Crippen molar-refractivity contribution in [1.82, 2.24) is 5.32 Å². The van der Waals surface area contributed by atoms with E-state index in [1.807, 2.05) is 23.1 Å². The fourth-order valence-electron chi connectivity index (χ4n) is 4.18. The van der Waals surface area contributed by atoms with Crippen molar-refractivity contribution in [3.63, 3.8) is 0 Å². The van der Waals surface area contributed by atoms with Crippen molar-refractivity contribution < 1.29 is 18.7 Å². The van der Waals surface area contributed by atoms with E-state index in [-0.39, 0.29) is 36.2 Å². The van der Waals surface area contributed by atoms with Crippen LogP contribution < -0.4 is 15.1 Å². The third kappa shape index (κ3) is 5.59. The van der Waals surface area contributed by atoms with Crippen molar-refractivity contribution in [2.75, 3.05) is 36.5 Å². The van der Waals surface area contributed by atoms with Crippen LogP contribution in [0.1, 0.15) is 22.8 Å². The van der Waals surface area contributed by atoms with E-state index in [0.717, 1.165) is 5.56 Å². The number of nitrogens with one attached hydrogen (secondary N) is 1. The van der Waals surface area contributed by atoms with E-state index >= 15 is 0 Å². The van der Waals surface area contributed by atoms with Gasteiger partial charge in [-0.15, -0.1) is 0 Å². The number of carbonyl (C=O) groups excluding carboxylic acids is 1. The summed E-state index contributed by atoms with van der Waals surface area (Å²) in [7, 11) is 1.75. The molecule has 37 heavy (non-hydrogen) atoms. The monoisotopic (exact) mass is 545 g/mol. The van der Waals surface area contributed by atoms with Crippen LogP contribution in [-0.4, -0.2) is 50.0 Å². The first-order valence-corrected chi connectivity index (χ1v) is 12.5. The van der Waals surface area contributed by atoms with Gasteiger partial charge < -0.3 is 20.2 Å². The van der Waals surface area contributed by atoms with Crippen molar-refractivity contribution in [3.8, 4) is 11.1 Å². The minimum absolute atomic E-state index is 0.181. The van der Waals surface area contributed by atoms with E-state index in [1.165, 1.54) is 12.1 Å². The number of carbonyl (C=O) groups is 1. The number of alkyl halides is 1. The molecular formula is C28H27Cl2F2N3O2. The highest BCUT2D eigenvalue weighted by Gasteiger charge is 2.30. The Labute approximate surface area is 224 Å². The van der Waals surface area contributed by atoms with Crippen LogP contribution >= 0.6 is 23.2 Å². The lowest BCUT2D eigenvalue weighted by Gasteiger charge is -2.39. The molecule has 1 amide bonds. The molecule has 2 N–H and O–H groups in total. The number of rotatable bonds is 8. The molecule has 9 heteroatoms. The molecule has 3 aromatic carbocycles. The molecule has 3 aromatic rings. The lowest BCUT2D eigenvalue weighted by atomic mass is 9.99. The Morgan fingerprint density at radius 1 is 1.19 bits per heavy atom. The van der Waals surface area contributed by atoms with Gasteiger partial charge in [0.2, 0.25) is 0 Å². The molecule has 1 heterocycles. The molecule has 0 saturated carbocycles. The van der Waals surface area contributed by atoms with Crippen LogP contribution in [0.3, 0.4) is 0 Å². The highest BCUT2D eigenvalue weighted by Crippen LogP contribution is 2.41. The smallest absolute Gasteiger partial charge is 0.251 e. The molecule has 0 spiro atoms. The highest BCUT2D eigenvalue weighted by molar-refractivity contribution is 6.33. The molecule has 4 rings (SSSR count). The summed E-state index contributed by atoms with van der Waals surface area (Å²) in [6.45, 7) is 6.01. The van der Waals surface area contributed by atoms with E-state index in [9.17, 15) is 18.7 Å². The molecule has 194 valence electrons. The molecule has 0 aromatic heterocycles. The maximum absolute atomic E-state index is 14.6. The zero-order valence-electron chi connectivity index (χ0n) is 20.4. The Morgan fingerprint density at radius 2 is 1.92 bits per heavy atom. The summed E-state index contributed by atoms with van der Waals surface area (Å²) in [5.74, 6) is -0.829. The normalized spacial score (nSPS) is 14.2. The topological polar surface area (TPSA) is 55.8 Å². The number of aliphatic hydroxyl groups is 1. The standard InChI is InChI=1S/C28H27Cl2F2N3O2/c1-16(15-36)33-28(37)19-7-9-22(29)21(11-19)18-8-10-25(26(12-18)35-13-20(31)14-35)34(3)17(2)27-23(30)5-4-6-24(27)32/h4-12,16,20,36H,2,13-15H2,1,3H3,(H,33,37). The molecule has 0 radical (unpaired) electrons. The second kappa shape index (κ2) is 11.1. The molecular weight excluding hydrogens is 519 g/mol. The van der Waals surface area contributed by atoms with Crippen LogP contribution in [0, 0.1) is 5.82 Å². The number of nitrogens with zero attached hydrogens (tertiary/aromatic N) is 2. The summed E-state index contributed by atoms with van der Waals surface area (Å²) >= 11 is 12.8. The van der Waals surface area contributed by atoms with E-state index in [1.54, 1.807) is 43.1 Å². The molecule has 1 aliphatic rings. The number of halogens is 4. The van der Waals surface area contributed by atoms with Gasteiger partial charge in [-0.25, -0.2) is 8.78 Å². The summed E-state index contributed by atoms with van der Waals surface area (Å²) in [6, 6.07) is 14.5. The summed E-state index contributed by atoms with van der Waals surface area (Å²) in [5.41, 5.74) is 3.66. The van der Waals surface area contributed by atoms with Gasteiger partial charge in [0.1, 0.15) is 12.0 Å². The molecule has 1 unspecified atom stereocenters. The van der Waals surface area contributed by atoms with E-state index in [0.29, 0.717) is 33.2 Å². The fraction of sp³-hybridized carbons (Fsp3) is 0.250. The van der Waals surface area contributed by atoms with Crippen molar-refractivity contribution in [2.45, 2.75) is 19.1 Å². The molecule has 1 fully saturated rings. The molecule has 0 aliphatic carbocycles. The average molecular weight is 546 g/mol. The van der Waals surface area contributed by atoms with Gasteiger partial charge in [0, 0.05) is 34.9 Å². The van der Waals surface area contributed by atoms with Crippen molar-refractivity contribution in [1.29, 1.82) is 0 Å². The zero-order valence-corrected chi connectivity index (χ0v) is 22.0. The molecule has 0 bridgehead atoms. The number of benzene rings is 3. The van der Waals surface area contributed by atoms with Gasteiger partial charge in [0.15, 0.2) is 0 Å². The SMILES string of the molecule is C=C(c1c(F)cccc1Cl)N(C)c1ccc(-c2cc(C(=O)NC(C)CO)ccc2Cl)cc1N1CC(F)C1. The van der Waals surface area contributed by atoms with Crippen molar-refractivity contribution in [3.05, 3.63) is 88.2 Å². The van der Waals surface area contributed by atoms with Crippen molar-refractivity contribution in [2.24, 2.45) is 0 Å². The first kappa shape index (κ1) is 26.9. The second-order valence-corrected chi connectivity index (χ2v) is 9.87. The Morgan fingerprint density at radius 3 is 2.57 bits per heavy atom. The van der Waals surface area contributed by atoms with E-state index in [4.69, 9.17) is 23.2 Å². The Hall–Kier alpha value is -3.13. The van der Waals surface area contributed by atoms with E-state index < -0.39 is 18.0 Å². The van der Waals surface area contributed by atoms with Gasteiger partial charge >= 0.3 is 0 Å². The lowest BCUT2D eigenvalue weighted by Crippen LogP contribution is -2.48. The average Bonchev–Trinajstić information content (AvgIpc) is 2.86. The number of aliphatic hydroxyl groups excluding tert-OH is 1. The Kier molecular flexibility index (Phi) is 8.07. The van der Waals surface area contributed by atoms with Crippen LogP contribution in [-0.2, 0) is 0 Å². The number of hydrogen-bond donors (Lipinski definition) is 2. The summed E-state index contributed by atoms with van der Waals surface area (Å²) in [5, 5.41) is 12.6. The lowest BCUT2D eigenvalue weighted by molar-refractivity contribution is 0.0922. The van der Waals surface area contributed by atoms with Crippen LogP contribution in [0.2, 0.25) is 10.0 Å². The number of hydrogen-bond acceptors (Lipinski definition) is 4. The molecule has 5 nitrogen and oxygen atoms in total. The van der Waals surface area contributed by atoms with Crippen LogP contribution in [0.15, 0.2) is 61.2 Å². The fourth-order valence-corrected chi connectivity index (χ4v) is 4.68. The quantitative estimate of drug-likeness (QED) is 0.355. The summed E-state index contributed by atoms with van der Waals surface area (Å²) in [4.78, 5) is 16.2. The van der Waals surface area contributed by atoms with Crippen LogP contribution in [0.25, 0.3) is 16.8 Å². The zero-order chi connectivity index (χ0) is 26.9. The maximum Gasteiger partial charge on any atom is 0.251 e. The largest absolute Gasteiger partial charge is 0.394 e. The number of anilines is 2. The van der Waals surface area contributed by atoms with E-state index in [2.05, 4.69) is 11.9 Å². The van der Waals surface area contributed by atoms with Crippen LogP contribution in [0.5, 0.6) is 0 Å². The van der Waals surface area contributed by atoms with Gasteiger partial charge in [0.25, 0.3) is 5.91 Å². The summed E-state index contributed by atoms with van der Waals surface area (Å²) in [6.07, 6.45) is -0.949. The predicted molar refractivity (Wildman–Crippen MR) is 147 cm³/mol. The minimum Gasteiger partial charge on any atom is -0.394 e. The third-order valence-electron chi connectivity index (χ3n) is 6.36. The van der Waals surface area contributed by atoms with Gasteiger partial charge in [-0.1, -0.05) is 41.9 Å². The number of amides is 1. The van der Waals surface area contributed by atoms with Gasteiger partial charge in [-0.05, 0) is 55.0 Å². The molecule has 1 aliphatic heterocycles. The van der Waals surface area contributed by atoms with Gasteiger partial charge in [-0.3, -0.25) is 4.79 Å². The minimum atomic E-state index is -0.949. The predicted octanol–water partition coefficient (Wildman–Crippen LogP) is 6.18. The van der Waals surface area contributed by atoms with Gasteiger partial charge in [0.05, 0.1) is 41.7 Å². The maximum atomic E-state index is 14.6. The Bertz CT molecular complexity index is 1320. The van der Waals surface area contributed by atoms with Crippen LogP contribution in [0.4, 0.5) is 20.2 Å². The Balaban J connectivity index is 1.74. The molecule has 1 atom stereocenters. The van der Waals surface area contributed by atoms with Gasteiger partial charge in [-0.2, -0.15) is 0 Å². The first-order valence-electron chi connectivity index (χ1n) is 11.7. The first-order chi connectivity index (χ1) is 17.6. The molecule has 1 saturated heterocycles.